The number of hydrogen-bond donors (Lipinski definition) is 2. The number of aromatic nitrogens is 3. The molecule has 0 amide bonds. The number of nitrogens with two attached hydrogens (primary N) is 1. The van der Waals surface area contributed by atoms with Crippen LogP contribution in [-0.2, 0) is 5.60 Å². The third kappa shape index (κ3) is 2.27. The van der Waals surface area contributed by atoms with Crippen LogP contribution in [0.3, 0.4) is 0 Å². The molecule has 1 heterocycles. The van der Waals surface area contributed by atoms with Gasteiger partial charge in [-0.15, -0.1) is 5.10 Å². The maximum Gasteiger partial charge on any atom is 0.110 e. The lowest BCUT2D eigenvalue weighted by Gasteiger charge is -2.35. The van der Waals surface area contributed by atoms with Crippen LogP contribution in [0.1, 0.15) is 31.4 Å². The van der Waals surface area contributed by atoms with E-state index in [4.69, 9.17) is 5.73 Å². The van der Waals surface area contributed by atoms with E-state index in [0.717, 1.165) is 24.2 Å². The molecule has 0 saturated heterocycles. The monoisotopic (exact) mass is 258 g/mol. The van der Waals surface area contributed by atoms with E-state index >= 15 is 0 Å². The van der Waals surface area contributed by atoms with E-state index in [0.29, 0.717) is 12.8 Å². The van der Waals surface area contributed by atoms with Crippen LogP contribution in [0, 0.1) is 0 Å². The molecule has 2 atom stereocenters. The van der Waals surface area contributed by atoms with Crippen molar-refractivity contribution in [3.8, 4) is 5.69 Å². The summed E-state index contributed by atoms with van der Waals surface area (Å²) in [6.45, 7) is 0. The second kappa shape index (κ2) is 4.75. The lowest BCUT2D eigenvalue weighted by Crippen LogP contribution is -2.40. The number of aliphatic hydroxyl groups is 1. The Morgan fingerprint density at radius 3 is 2.84 bits per heavy atom. The van der Waals surface area contributed by atoms with Crippen LogP contribution in [0.2, 0.25) is 0 Å². The Hall–Kier alpha value is -1.72. The first-order valence-corrected chi connectivity index (χ1v) is 6.64. The Labute approximate surface area is 112 Å². The fraction of sp³-hybridized carbons (Fsp3) is 0.429. The van der Waals surface area contributed by atoms with Gasteiger partial charge < -0.3 is 10.8 Å². The first-order valence-electron chi connectivity index (χ1n) is 6.64. The van der Waals surface area contributed by atoms with Crippen LogP contribution in [-0.4, -0.2) is 26.1 Å². The van der Waals surface area contributed by atoms with E-state index in [-0.39, 0.29) is 6.04 Å². The second-order valence-corrected chi connectivity index (χ2v) is 5.25. The molecule has 5 heteroatoms. The van der Waals surface area contributed by atoms with Crippen LogP contribution < -0.4 is 5.73 Å². The van der Waals surface area contributed by atoms with Crippen molar-refractivity contribution in [2.45, 2.75) is 37.3 Å². The second-order valence-electron chi connectivity index (χ2n) is 5.25. The zero-order chi connectivity index (χ0) is 13.3. The van der Waals surface area contributed by atoms with Crippen molar-refractivity contribution < 1.29 is 5.11 Å². The van der Waals surface area contributed by atoms with Crippen molar-refractivity contribution in [2.75, 3.05) is 0 Å². The highest BCUT2D eigenvalue weighted by molar-refractivity contribution is 5.33. The highest BCUT2D eigenvalue weighted by atomic mass is 16.3. The van der Waals surface area contributed by atoms with E-state index in [1.54, 1.807) is 10.9 Å². The van der Waals surface area contributed by atoms with Crippen molar-refractivity contribution in [2.24, 2.45) is 5.73 Å². The fourth-order valence-corrected chi connectivity index (χ4v) is 2.84. The summed E-state index contributed by atoms with van der Waals surface area (Å²) in [5, 5.41) is 18.9. The van der Waals surface area contributed by atoms with E-state index in [9.17, 15) is 5.11 Å². The molecule has 1 aliphatic carbocycles. The summed E-state index contributed by atoms with van der Waals surface area (Å²) in [5.41, 5.74) is 6.71. The molecule has 3 N–H and O–H groups in total. The van der Waals surface area contributed by atoms with Gasteiger partial charge in [0.1, 0.15) is 5.60 Å². The Morgan fingerprint density at radius 1 is 1.32 bits per heavy atom. The van der Waals surface area contributed by atoms with Crippen LogP contribution in [0.5, 0.6) is 0 Å². The van der Waals surface area contributed by atoms with Gasteiger partial charge in [0.15, 0.2) is 0 Å². The Morgan fingerprint density at radius 2 is 2.11 bits per heavy atom. The molecule has 0 aliphatic heterocycles. The van der Waals surface area contributed by atoms with Crippen molar-refractivity contribution in [1.29, 1.82) is 0 Å². The molecule has 5 nitrogen and oxygen atoms in total. The van der Waals surface area contributed by atoms with Gasteiger partial charge in [0.2, 0.25) is 0 Å². The molecule has 0 radical (unpaired) electrons. The molecule has 1 fully saturated rings. The summed E-state index contributed by atoms with van der Waals surface area (Å²) in [6.07, 6.45) is 4.81. The molecule has 3 rings (SSSR count). The Balaban J connectivity index is 2.00. The zero-order valence-corrected chi connectivity index (χ0v) is 10.7. The standard InChI is InChI=1S/C14H18N4O/c15-11-5-4-8-14(19,9-11)13-10-16-17-18(13)12-6-2-1-3-7-12/h1-3,6-7,10-11,19H,4-5,8-9,15H2. The SMILES string of the molecule is NC1CCCC(O)(c2cnnn2-c2ccccc2)C1. The molecule has 1 aromatic heterocycles. The van der Waals surface area contributed by atoms with Crippen LogP contribution >= 0.6 is 0 Å². The van der Waals surface area contributed by atoms with Gasteiger partial charge >= 0.3 is 0 Å². The predicted molar refractivity (Wildman–Crippen MR) is 71.7 cm³/mol. The third-order valence-electron chi connectivity index (χ3n) is 3.79. The summed E-state index contributed by atoms with van der Waals surface area (Å²) in [5.74, 6) is 0. The first-order chi connectivity index (χ1) is 9.19. The van der Waals surface area contributed by atoms with Crippen molar-refractivity contribution in [1.82, 2.24) is 15.0 Å². The van der Waals surface area contributed by atoms with Gasteiger partial charge in [-0.25, -0.2) is 4.68 Å². The highest BCUT2D eigenvalue weighted by Crippen LogP contribution is 2.36. The average Bonchev–Trinajstić information content (AvgIpc) is 2.89. The fourth-order valence-electron chi connectivity index (χ4n) is 2.84. The summed E-state index contributed by atoms with van der Waals surface area (Å²) < 4.78 is 1.71. The zero-order valence-electron chi connectivity index (χ0n) is 10.7. The molecule has 1 saturated carbocycles. The number of para-hydroxylation sites is 1. The van der Waals surface area contributed by atoms with Gasteiger partial charge in [0.25, 0.3) is 0 Å². The van der Waals surface area contributed by atoms with Gasteiger partial charge in [0, 0.05) is 6.04 Å². The van der Waals surface area contributed by atoms with Gasteiger partial charge in [-0.05, 0) is 37.8 Å². The van der Waals surface area contributed by atoms with Gasteiger partial charge in [-0.1, -0.05) is 23.4 Å². The molecule has 100 valence electrons. The minimum absolute atomic E-state index is 0.0397. The topological polar surface area (TPSA) is 77.0 Å². The maximum atomic E-state index is 10.9. The normalized spacial score (nSPS) is 27.4. The van der Waals surface area contributed by atoms with Crippen molar-refractivity contribution in [3.05, 3.63) is 42.2 Å². The molecule has 2 aromatic rings. The minimum atomic E-state index is -0.920. The largest absolute Gasteiger partial charge is 0.383 e. The molecule has 1 aromatic carbocycles. The first kappa shape index (κ1) is 12.3. The summed E-state index contributed by atoms with van der Waals surface area (Å²) >= 11 is 0. The predicted octanol–water partition coefficient (Wildman–Crippen LogP) is 1.36. The summed E-state index contributed by atoms with van der Waals surface area (Å²) in [6, 6.07) is 9.77. The van der Waals surface area contributed by atoms with Crippen molar-refractivity contribution >= 4 is 0 Å². The molecule has 1 aliphatic rings. The number of rotatable bonds is 2. The van der Waals surface area contributed by atoms with Crippen LogP contribution in [0.4, 0.5) is 0 Å². The molecule has 2 unspecified atom stereocenters. The van der Waals surface area contributed by atoms with E-state index < -0.39 is 5.60 Å². The Bertz CT molecular complexity index is 554. The summed E-state index contributed by atoms with van der Waals surface area (Å²) in [7, 11) is 0. The number of benzene rings is 1. The van der Waals surface area contributed by atoms with E-state index in [1.165, 1.54) is 0 Å². The number of hydrogen-bond acceptors (Lipinski definition) is 4. The lowest BCUT2D eigenvalue weighted by atomic mass is 9.80. The Kier molecular flexibility index (Phi) is 3.08. The van der Waals surface area contributed by atoms with Crippen molar-refractivity contribution in [3.63, 3.8) is 0 Å². The van der Waals surface area contributed by atoms with Crippen LogP contribution in [0.25, 0.3) is 5.69 Å². The van der Waals surface area contributed by atoms with Gasteiger partial charge in [-0.2, -0.15) is 0 Å². The number of nitrogens with zero attached hydrogens (tertiary/aromatic N) is 3. The average molecular weight is 258 g/mol. The quantitative estimate of drug-likeness (QED) is 0.852. The molecule has 0 spiro atoms. The molecular formula is C14H18N4O. The molecular weight excluding hydrogens is 240 g/mol. The summed E-state index contributed by atoms with van der Waals surface area (Å²) in [4.78, 5) is 0. The molecule has 0 bridgehead atoms. The smallest absolute Gasteiger partial charge is 0.110 e. The van der Waals surface area contributed by atoms with Crippen LogP contribution in [0.15, 0.2) is 36.5 Å². The third-order valence-corrected chi connectivity index (χ3v) is 3.79. The van der Waals surface area contributed by atoms with Gasteiger partial charge in [-0.3, -0.25) is 0 Å². The van der Waals surface area contributed by atoms with Gasteiger partial charge in [0.05, 0.1) is 17.6 Å². The highest BCUT2D eigenvalue weighted by Gasteiger charge is 2.38. The minimum Gasteiger partial charge on any atom is -0.383 e. The molecule has 19 heavy (non-hydrogen) atoms. The van der Waals surface area contributed by atoms with E-state index in [1.807, 2.05) is 30.3 Å². The lowest BCUT2D eigenvalue weighted by molar-refractivity contribution is -0.0131. The van der Waals surface area contributed by atoms with E-state index in [2.05, 4.69) is 10.3 Å². The maximum absolute atomic E-state index is 10.9.